The number of carbonyl (C=O) groups excluding carboxylic acids is 2. The number of nitrogens with zero attached hydrogens (tertiary/aromatic N) is 1. The van der Waals surface area contributed by atoms with Crippen LogP contribution in [0, 0.1) is 22.7 Å². The Morgan fingerprint density at radius 1 is 1.19 bits per heavy atom. The lowest BCUT2D eigenvalue weighted by atomic mass is 9.80. The lowest BCUT2D eigenvalue weighted by Crippen LogP contribution is -2.39. The van der Waals surface area contributed by atoms with Gasteiger partial charge >= 0.3 is 11.9 Å². The summed E-state index contributed by atoms with van der Waals surface area (Å²) >= 11 is 0. The normalized spacial score (nSPS) is 10.8. The molecule has 0 amide bonds. The van der Waals surface area contributed by atoms with Crippen LogP contribution in [-0.4, -0.2) is 25.2 Å². The van der Waals surface area contributed by atoms with Crippen LogP contribution in [0.25, 0.3) is 0 Å². The molecular weight excluding hydrogens is 210 g/mol. The highest BCUT2D eigenvalue weighted by atomic mass is 16.6. The summed E-state index contributed by atoms with van der Waals surface area (Å²) in [5.74, 6) is -2.63. The lowest BCUT2D eigenvalue weighted by Gasteiger charge is -2.23. The first-order chi connectivity index (χ1) is 7.40. The fourth-order valence-corrected chi connectivity index (χ4v) is 1.20. The molecule has 90 valence electrons. The minimum Gasteiger partial charge on any atom is -0.465 e. The largest absolute Gasteiger partial charge is 0.465 e. The van der Waals surface area contributed by atoms with Crippen molar-refractivity contribution in [1.82, 2.24) is 0 Å². The molecule has 0 aliphatic heterocycles. The van der Waals surface area contributed by atoms with E-state index in [1.807, 2.05) is 6.07 Å². The molecule has 5 nitrogen and oxygen atoms in total. The molecule has 0 aliphatic carbocycles. The van der Waals surface area contributed by atoms with E-state index in [2.05, 4.69) is 0 Å². The Balaban J connectivity index is 4.99. The van der Waals surface area contributed by atoms with Gasteiger partial charge in [0, 0.05) is 0 Å². The molecule has 0 fully saturated rings. The standard InChI is InChI=1S/C11H17NO4/c1-5-15-9(13)8(10(14)16-6-2)11(3,4)7-12/h8H,5-6H2,1-4H3. The molecule has 0 bridgehead atoms. The minimum absolute atomic E-state index is 0.163. The van der Waals surface area contributed by atoms with Crippen LogP contribution in [-0.2, 0) is 19.1 Å². The van der Waals surface area contributed by atoms with Gasteiger partial charge in [-0.2, -0.15) is 5.26 Å². The van der Waals surface area contributed by atoms with Gasteiger partial charge in [0.25, 0.3) is 0 Å². The number of esters is 2. The van der Waals surface area contributed by atoms with Gasteiger partial charge in [-0.05, 0) is 27.7 Å². The van der Waals surface area contributed by atoms with E-state index < -0.39 is 23.3 Å². The van der Waals surface area contributed by atoms with E-state index in [1.165, 1.54) is 13.8 Å². The molecule has 16 heavy (non-hydrogen) atoms. The molecule has 0 aliphatic rings. The molecule has 5 heteroatoms. The smallest absolute Gasteiger partial charge is 0.321 e. The van der Waals surface area contributed by atoms with Crippen molar-refractivity contribution in [3.8, 4) is 6.07 Å². The van der Waals surface area contributed by atoms with E-state index in [-0.39, 0.29) is 13.2 Å². The maximum atomic E-state index is 11.6. The van der Waals surface area contributed by atoms with Gasteiger partial charge in [0.15, 0.2) is 5.92 Å². The van der Waals surface area contributed by atoms with E-state index in [9.17, 15) is 9.59 Å². The predicted molar refractivity (Wildman–Crippen MR) is 56.2 cm³/mol. The van der Waals surface area contributed by atoms with Crippen molar-refractivity contribution in [2.45, 2.75) is 27.7 Å². The molecule has 0 aromatic rings. The van der Waals surface area contributed by atoms with Crippen LogP contribution in [0.2, 0.25) is 0 Å². The van der Waals surface area contributed by atoms with Gasteiger partial charge in [-0.25, -0.2) is 0 Å². The van der Waals surface area contributed by atoms with Crippen LogP contribution in [0.15, 0.2) is 0 Å². The molecule has 0 unspecified atom stereocenters. The van der Waals surface area contributed by atoms with Gasteiger partial charge in [-0.15, -0.1) is 0 Å². The quantitative estimate of drug-likeness (QED) is 0.522. The van der Waals surface area contributed by atoms with E-state index in [0.717, 1.165) is 0 Å². The number of hydrogen-bond donors (Lipinski definition) is 0. The summed E-state index contributed by atoms with van der Waals surface area (Å²) in [6, 6.07) is 1.92. The highest BCUT2D eigenvalue weighted by molar-refractivity contribution is 5.96. The van der Waals surface area contributed by atoms with Crippen molar-refractivity contribution < 1.29 is 19.1 Å². The van der Waals surface area contributed by atoms with Gasteiger partial charge < -0.3 is 9.47 Å². The Bertz CT molecular complexity index is 286. The van der Waals surface area contributed by atoms with E-state index >= 15 is 0 Å². The fourth-order valence-electron chi connectivity index (χ4n) is 1.20. The maximum Gasteiger partial charge on any atom is 0.321 e. The molecular formula is C11H17NO4. The zero-order chi connectivity index (χ0) is 12.8. The summed E-state index contributed by atoms with van der Waals surface area (Å²) in [5.41, 5.74) is -1.14. The first-order valence-electron chi connectivity index (χ1n) is 5.15. The molecule has 0 aromatic carbocycles. The van der Waals surface area contributed by atoms with Crippen molar-refractivity contribution in [2.75, 3.05) is 13.2 Å². The molecule has 0 N–H and O–H groups in total. The number of hydrogen-bond acceptors (Lipinski definition) is 5. The molecule has 0 saturated carbocycles. The average molecular weight is 227 g/mol. The molecule has 0 rings (SSSR count). The summed E-state index contributed by atoms with van der Waals surface area (Å²) in [4.78, 5) is 23.2. The molecule has 0 atom stereocenters. The van der Waals surface area contributed by atoms with Gasteiger partial charge in [-0.1, -0.05) is 0 Å². The molecule has 0 spiro atoms. The first-order valence-corrected chi connectivity index (χ1v) is 5.15. The molecule has 0 radical (unpaired) electrons. The zero-order valence-corrected chi connectivity index (χ0v) is 10.1. The summed E-state index contributed by atoms with van der Waals surface area (Å²) in [6.45, 7) is 6.61. The van der Waals surface area contributed by atoms with E-state index in [4.69, 9.17) is 14.7 Å². The molecule has 0 heterocycles. The number of carbonyl (C=O) groups is 2. The monoisotopic (exact) mass is 227 g/mol. The second-order valence-corrected chi connectivity index (χ2v) is 3.77. The van der Waals surface area contributed by atoms with Crippen molar-refractivity contribution in [2.24, 2.45) is 11.3 Å². The van der Waals surface area contributed by atoms with Crippen molar-refractivity contribution in [3.05, 3.63) is 0 Å². The Hall–Kier alpha value is -1.57. The topological polar surface area (TPSA) is 76.4 Å². The SMILES string of the molecule is CCOC(=O)C(C(=O)OCC)C(C)(C)C#N. The van der Waals surface area contributed by atoms with Crippen LogP contribution in [0.3, 0.4) is 0 Å². The van der Waals surface area contributed by atoms with Crippen molar-refractivity contribution >= 4 is 11.9 Å². The number of rotatable bonds is 5. The van der Waals surface area contributed by atoms with Gasteiger partial charge in [0.2, 0.25) is 0 Å². The van der Waals surface area contributed by atoms with Gasteiger partial charge in [-0.3, -0.25) is 9.59 Å². The maximum absolute atomic E-state index is 11.6. The van der Waals surface area contributed by atoms with Gasteiger partial charge in [0.05, 0.1) is 24.7 Å². The van der Waals surface area contributed by atoms with Gasteiger partial charge in [0.1, 0.15) is 0 Å². The Kier molecular flexibility index (Phi) is 5.51. The van der Waals surface area contributed by atoms with Crippen molar-refractivity contribution in [1.29, 1.82) is 5.26 Å². The van der Waals surface area contributed by atoms with Crippen molar-refractivity contribution in [3.63, 3.8) is 0 Å². The fraction of sp³-hybridized carbons (Fsp3) is 0.727. The van der Waals surface area contributed by atoms with Crippen LogP contribution >= 0.6 is 0 Å². The summed E-state index contributed by atoms with van der Waals surface area (Å²) in [5, 5.41) is 8.93. The summed E-state index contributed by atoms with van der Waals surface area (Å²) < 4.78 is 9.54. The van der Waals surface area contributed by atoms with E-state index in [1.54, 1.807) is 13.8 Å². The second kappa shape index (κ2) is 6.11. The number of nitriles is 1. The van der Waals surface area contributed by atoms with Crippen LogP contribution in [0.4, 0.5) is 0 Å². The molecule has 0 saturated heterocycles. The molecule has 0 aromatic heterocycles. The summed E-state index contributed by atoms with van der Waals surface area (Å²) in [7, 11) is 0. The predicted octanol–water partition coefficient (Wildman–Crippen LogP) is 1.28. The Morgan fingerprint density at radius 3 is 1.81 bits per heavy atom. The minimum atomic E-state index is -1.20. The zero-order valence-electron chi connectivity index (χ0n) is 10.1. The third kappa shape index (κ3) is 3.54. The first kappa shape index (κ1) is 14.4. The van der Waals surface area contributed by atoms with E-state index in [0.29, 0.717) is 0 Å². The van der Waals surface area contributed by atoms with Crippen LogP contribution in [0.5, 0.6) is 0 Å². The van der Waals surface area contributed by atoms with Crippen LogP contribution in [0.1, 0.15) is 27.7 Å². The third-order valence-corrected chi connectivity index (χ3v) is 2.05. The lowest BCUT2D eigenvalue weighted by molar-refractivity contribution is -0.165. The average Bonchev–Trinajstić information content (AvgIpc) is 2.18. The Labute approximate surface area is 95.3 Å². The second-order valence-electron chi connectivity index (χ2n) is 3.77. The highest BCUT2D eigenvalue weighted by Crippen LogP contribution is 2.28. The van der Waals surface area contributed by atoms with Crippen LogP contribution < -0.4 is 0 Å². The Morgan fingerprint density at radius 2 is 1.56 bits per heavy atom. The number of ether oxygens (including phenoxy) is 2. The third-order valence-electron chi connectivity index (χ3n) is 2.05. The highest BCUT2D eigenvalue weighted by Gasteiger charge is 2.43. The summed E-state index contributed by atoms with van der Waals surface area (Å²) in [6.07, 6.45) is 0.